The molecule has 2 amide bonds. The van der Waals surface area contributed by atoms with E-state index in [9.17, 15) is 18.4 Å². The summed E-state index contributed by atoms with van der Waals surface area (Å²) in [6.45, 7) is 3.63. The molecule has 0 saturated carbocycles. The first-order chi connectivity index (χ1) is 16.8. The highest BCUT2D eigenvalue weighted by molar-refractivity contribution is 6.04. The molecule has 6 nitrogen and oxygen atoms in total. The Hall–Kier alpha value is -4.33. The summed E-state index contributed by atoms with van der Waals surface area (Å²) in [5.74, 6) is -2.18. The Morgan fingerprint density at radius 3 is 2.46 bits per heavy atom. The van der Waals surface area contributed by atoms with Crippen LogP contribution in [0.5, 0.6) is 0 Å². The number of halogens is 2. The van der Waals surface area contributed by atoms with Gasteiger partial charge in [0, 0.05) is 17.0 Å². The van der Waals surface area contributed by atoms with Gasteiger partial charge in [-0.3, -0.25) is 9.59 Å². The minimum absolute atomic E-state index is 0.178. The van der Waals surface area contributed by atoms with Crippen molar-refractivity contribution in [3.05, 3.63) is 112 Å². The second kappa shape index (κ2) is 8.79. The maximum absolute atomic E-state index is 14.6. The van der Waals surface area contributed by atoms with Crippen molar-refractivity contribution in [2.45, 2.75) is 25.8 Å². The van der Waals surface area contributed by atoms with Crippen molar-refractivity contribution in [2.24, 2.45) is 0 Å². The molecule has 1 aromatic heterocycles. The molecule has 2 atom stereocenters. The zero-order valence-electron chi connectivity index (χ0n) is 19.0. The van der Waals surface area contributed by atoms with Crippen LogP contribution in [0.1, 0.15) is 38.7 Å². The molecule has 0 aliphatic carbocycles. The van der Waals surface area contributed by atoms with Crippen LogP contribution >= 0.6 is 0 Å². The van der Waals surface area contributed by atoms with E-state index >= 15 is 0 Å². The molecule has 0 spiro atoms. The molecule has 176 valence electrons. The van der Waals surface area contributed by atoms with Crippen molar-refractivity contribution in [2.75, 3.05) is 5.32 Å². The number of hydrogen-bond acceptors (Lipinski definition) is 3. The number of carbonyl (C=O) groups excluding carboxylic acids is 2. The topological polar surface area (TPSA) is 76.0 Å². The van der Waals surface area contributed by atoms with Gasteiger partial charge in [-0.25, -0.2) is 13.5 Å². The fourth-order valence-corrected chi connectivity index (χ4v) is 4.53. The maximum atomic E-state index is 14.6. The maximum Gasteiger partial charge on any atom is 0.251 e. The summed E-state index contributed by atoms with van der Waals surface area (Å²) in [6, 6.07) is 17.9. The Kier molecular flexibility index (Phi) is 5.64. The number of carbonyl (C=O) groups is 2. The normalized spacial score (nSPS) is 17.0. The Balaban J connectivity index is 1.63. The highest BCUT2D eigenvalue weighted by Crippen LogP contribution is 2.41. The largest absolute Gasteiger partial charge is 0.339 e. The first-order valence-corrected chi connectivity index (χ1v) is 11.1. The lowest BCUT2D eigenvalue weighted by Gasteiger charge is -2.33. The van der Waals surface area contributed by atoms with Crippen molar-refractivity contribution in [3.8, 4) is 5.69 Å². The Morgan fingerprint density at radius 1 is 1.00 bits per heavy atom. The Bertz CT molecular complexity index is 1450. The third kappa shape index (κ3) is 4.07. The summed E-state index contributed by atoms with van der Waals surface area (Å²) in [5, 5.41) is 10.2. The molecule has 3 aromatic carbocycles. The van der Waals surface area contributed by atoms with E-state index < -0.39 is 35.4 Å². The van der Waals surface area contributed by atoms with Crippen LogP contribution < -0.4 is 10.6 Å². The molecule has 35 heavy (non-hydrogen) atoms. The Morgan fingerprint density at radius 2 is 1.74 bits per heavy atom. The quantitative estimate of drug-likeness (QED) is 0.454. The first-order valence-electron chi connectivity index (χ1n) is 11.1. The predicted octanol–water partition coefficient (Wildman–Crippen LogP) is 4.65. The van der Waals surface area contributed by atoms with Gasteiger partial charge in [0.1, 0.15) is 29.2 Å². The molecule has 5 rings (SSSR count). The second-order valence-electron chi connectivity index (χ2n) is 8.55. The van der Waals surface area contributed by atoms with E-state index in [1.807, 2.05) is 13.0 Å². The zero-order valence-corrected chi connectivity index (χ0v) is 19.0. The van der Waals surface area contributed by atoms with E-state index in [4.69, 9.17) is 0 Å². The van der Waals surface area contributed by atoms with Crippen molar-refractivity contribution in [1.29, 1.82) is 0 Å². The summed E-state index contributed by atoms with van der Waals surface area (Å²) >= 11 is 0. The van der Waals surface area contributed by atoms with Crippen molar-refractivity contribution >= 4 is 17.6 Å². The first kappa shape index (κ1) is 22.5. The number of nitrogens with one attached hydrogen (secondary N) is 2. The lowest BCUT2D eigenvalue weighted by molar-refractivity contribution is -0.118. The number of nitrogens with zero attached hydrogens (tertiary/aromatic N) is 2. The molecule has 2 heterocycles. The van der Waals surface area contributed by atoms with Gasteiger partial charge in [0.05, 0.1) is 5.69 Å². The van der Waals surface area contributed by atoms with Gasteiger partial charge in [0.2, 0.25) is 5.91 Å². The van der Waals surface area contributed by atoms with E-state index in [1.165, 1.54) is 22.9 Å². The highest BCUT2D eigenvalue weighted by atomic mass is 19.1. The number of aromatic nitrogens is 2. The van der Waals surface area contributed by atoms with Crippen LogP contribution in [-0.2, 0) is 4.79 Å². The van der Waals surface area contributed by atoms with E-state index in [-0.39, 0.29) is 5.69 Å². The van der Waals surface area contributed by atoms with E-state index in [0.717, 1.165) is 5.56 Å². The predicted molar refractivity (Wildman–Crippen MR) is 128 cm³/mol. The monoisotopic (exact) mass is 472 g/mol. The lowest BCUT2D eigenvalue weighted by Crippen LogP contribution is -2.50. The van der Waals surface area contributed by atoms with E-state index in [1.54, 1.807) is 55.5 Å². The number of fused-ring (bicyclic) bond motifs is 1. The summed E-state index contributed by atoms with van der Waals surface area (Å²) in [5.41, 5.74) is 3.29. The summed E-state index contributed by atoms with van der Waals surface area (Å²) in [7, 11) is 0. The number of amides is 2. The van der Waals surface area contributed by atoms with Crippen LogP contribution in [0.2, 0.25) is 0 Å². The third-order valence-corrected chi connectivity index (χ3v) is 6.15. The number of rotatable bonds is 4. The van der Waals surface area contributed by atoms with Gasteiger partial charge in [0.15, 0.2) is 0 Å². The van der Waals surface area contributed by atoms with Crippen LogP contribution in [0.25, 0.3) is 5.69 Å². The van der Waals surface area contributed by atoms with Gasteiger partial charge in [-0.05, 0) is 55.8 Å². The molecule has 1 aliphatic heterocycles. The van der Waals surface area contributed by atoms with Gasteiger partial charge in [-0.1, -0.05) is 42.0 Å². The van der Waals surface area contributed by atoms with Crippen molar-refractivity contribution < 1.29 is 18.4 Å². The Labute approximate surface area is 200 Å². The van der Waals surface area contributed by atoms with Crippen molar-refractivity contribution in [1.82, 2.24) is 15.1 Å². The molecular weight excluding hydrogens is 450 g/mol. The summed E-state index contributed by atoms with van der Waals surface area (Å²) in [4.78, 5) is 26.5. The van der Waals surface area contributed by atoms with Gasteiger partial charge in [-0.2, -0.15) is 5.10 Å². The highest BCUT2D eigenvalue weighted by Gasteiger charge is 2.42. The fraction of sp³-hybridized carbons (Fsp3) is 0.148. The summed E-state index contributed by atoms with van der Waals surface area (Å²) in [6.07, 6.45) is 0. The summed E-state index contributed by atoms with van der Waals surface area (Å²) < 4.78 is 29.7. The standard InChI is InChI=1S/C27H22F2N4O2/c1-15-6-5-7-18(14-15)26(34)30-24-23(17-10-12-19(28)13-11-17)22-16(2)32-33(25(22)31-27(24)35)21-9-4-3-8-20(21)29/h3-14,23-24H,1-2H3,(H,30,34)(H,31,35)/t23-,24+/m1/s1. The molecule has 0 unspecified atom stereocenters. The molecule has 1 aliphatic rings. The van der Waals surface area contributed by atoms with Crippen LogP contribution in [0.4, 0.5) is 14.6 Å². The SMILES string of the molecule is Cc1cccc(C(=O)N[C@@H]2C(=O)Nc3c(c(C)nn3-c3ccccc3F)[C@H]2c2ccc(F)cc2)c1. The van der Waals surface area contributed by atoms with Crippen LogP contribution in [0.15, 0.2) is 72.8 Å². The van der Waals surface area contributed by atoms with Gasteiger partial charge in [0.25, 0.3) is 5.91 Å². The molecule has 0 bridgehead atoms. The fourth-order valence-electron chi connectivity index (χ4n) is 4.53. The van der Waals surface area contributed by atoms with Gasteiger partial charge in [-0.15, -0.1) is 0 Å². The molecule has 0 fully saturated rings. The number of hydrogen-bond donors (Lipinski definition) is 2. The van der Waals surface area contributed by atoms with E-state index in [0.29, 0.717) is 28.2 Å². The molecule has 0 saturated heterocycles. The van der Waals surface area contributed by atoms with Crippen LogP contribution in [0, 0.1) is 25.5 Å². The van der Waals surface area contributed by atoms with E-state index in [2.05, 4.69) is 15.7 Å². The van der Waals surface area contributed by atoms with Crippen LogP contribution in [0.3, 0.4) is 0 Å². The van der Waals surface area contributed by atoms with Gasteiger partial charge < -0.3 is 10.6 Å². The molecular formula is C27H22F2N4O2. The smallest absolute Gasteiger partial charge is 0.251 e. The third-order valence-electron chi connectivity index (χ3n) is 6.15. The lowest BCUT2D eigenvalue weighted by atomic mass is 9.82. The molecule has 0 radical (unpaired) electrons. The molecule has 8 heteroatoms. The average molecular weight is 472 g/mol. The number of benzene rings is 3. The van der Waals surface area contributed by atoms with Crippen molar-refractivity contribution in [3.63, 3.8) is 0 Å². The molecule has 2 N–H and O–H groups in total. The average Bonchev–Trinajstić information content (AvgIpc) is 3.16. The zero-order chi connectivity index (χ0) is 24.7. The number of para-hydroxylation sites is 1. The number of anilines is 1. The second-order valence-corrected chi connectivity index (χ2v) is 8.55. The van der Waals surface area contributed by atoms with Crippen LogP contribution in [-0.4, -0.2) is 27.6 Å². The minimum atomic E-state index is -1.00. The number of aryl methyl sites for hydroxylation is 2. The molecule has 4 aromatic rings. The van der Waals surface area contributed by atoms with Gasteiger partial charge >= 0.3 is 0 Å². The minimum Gasteiger partial charge on any atom is -0.339 e.